The van der Waals surface area contributed by atoms with Crippen molar-refractivity contribution >= 4 is 5.82 Å². The third-order valence-electron chi connectivity index (χ3n) is 3.76. The minimum atomic E-state index is 0.882. The van der Waals surface area contributed by atoms with E-state index < -0.39 is 0 Å². The maximum Gasteiger partial charge on any atom is 0.151 e. The Bertz CT molecular complexity index is 569. The van der Waals surface area contributed by atoms with Crippen LogP contribution in [-0.4, -0.2) is 41.3 Å². The molecule has 2 aromatic rings. The highest BCUT2D eigenvalue weighted by atomic mass is 15.2. The number of nitrogens with zero attached hydrogens (tertiary/aromatic N) is 3. The zero-order valence-electron chi connectivity index (χ0n) is 13.8. The SMILES string of the molecule is CCCN(CC)CCNc1nnc(-c2ccccc2)cc1C. The van der Waals surface area contributed by atoms with Gasteiger partial charge in [0.1, 0.15) is 0 Å². The van der Waals surface area contributed by atoms with Gasteiger partial charge in [0.05, 0.1) is 5.69 Å². The maximum atomic E-state index is 4.34. The Balaban J connectivity index is 1.96. The molecule has 0 fully saturated rings. The van der Waals surface area contributed by atoms with Gasteiger partial charge >= 0.3 is 0 Å². The van der Waals surface area contributed by atoms with Gasteiger partial charge in [-0.1, -0.05) is 44.2 Å². The van der Waals surface area contributed by atoms with Gasteiger partial charge in [-0.05, 0) is 38.1 Å². The highest BCUT2D eigenvalue weighted by Gasteiger charge is 2.06. The third-order valence-corrected chi connectivity index (χ3v) is 3.76. The second-order valence-electron chi connectivity index (χ2n) is 5.49. The van der Waals surface area contributed by atoms with Crippen molar-refractivity contribution in [1.29, 1.82) is 0 Å². The minimum Gasteiger partial charge on any atom is -0.367 e. The van der Waals surface area contributed by atoms with Gasteiger partial charge < -0.3 is 10.2 Å². The number of hydrogen-bond acceptors (Lipinski definition) is 4. The number of anilines is 1. The van der Waals surface area contributed by atoms with Crippen LogP contribution in [0.2, 0.25) is 0 Å². The van der Waals surface area contributed by atoms with E-state index in [1.54, 1.807) is 0 Å². The Labute approximate surface area is 133 Å². The predicted octanol–water partition coefficient (Wildman–Crippen LogP) is 3.60. The third kappa shape index (κ3) is 4.53. The van der Waals surface area contributed by atoms with Crippen molar-refractivity contribution in [2.75, 3.05) is 31.5 Å². The monoisotopic (exact) mass is 298 g/mol. The zero-order valence-corrected chi connectivity index (χ0v) is 13.8. The lowest BCUT2D eigenvalue weighted by atomic mass is 10.1. The van der Waals surface area contributed by atoms with Crippen LogP contribution in [0.15, 0.2) is 36.4 Å². The Kier molecular flexibility index (Phi) is 6.34. The predicted molar refractivity (Wildman–Crippen MR) is 93.1 cm³/mol. The van der Waals surface area contributed by atoms with Crippen molar-refractivity contribution in [2.24, 2.45) is 0 Å². The molecular weight excluding hydrogens is 272 g/mol. The summed E-state index contributed by atoms with van der Waals surface area (Å²) in [5, 5.41) is 12.1. The minimum absolute atomic E-state index is 0.882. The number of rotatable bonds is 8. The van der Waals surface area contributed by atoms with E-state index in [4.69, 9.17) is 0 Å². The summed E-state index contributed by atoms with van der Waals surface area (Å²) in [5.74, 6) is 0.882. The number of likely N-dealkylation sites (N-methyl/N-ethyl adjacent to an activating group) is 1. The molecule has 0 saturated heterocycles. The first kappa shape index (κ1) is 16.4. The second-order valence-corrected chi connectivity index (χ2v) is 5.49. The Hall–Kier alpha value is -1.94. The summed E-state index contributed by atoms with van der Waals surface area (Å²) in [6.45, 7) is 10.7. The van der Waals surface area contributed by atoms with E-state index in [0.29, 0.717) is 0 Å². The fourth-order valence-electron chi connectivity index (χ4n) is 2.49. The van der Waals surface area contributed by atoms with Gasteiger partial charge in [-0.3, -0.25) is 0 Å². The summed E-state index contributed by atoms with van der Waals surface area (Å²) >= 11 is 0. The average Bonchev–Trinajstić information content (AvgIpc) is 2.56. The molecule has 4 nitrogen and oxygen atoms in total. The van der Waals surface area contributed by atoms with E-state index in [0.717, 1.165) is 48.8 Å². The Morgan fingerprint density at radius 3 is 2.45 bits per heavy atom. The molecule has 0 amide bonds. The van der Waals surface area contributed by atoms with Crippen LogP contribution >= 0.6 is 0 Å². The molecule has 0 aliphatic rings. The molecule has 4 heteroatoms. The van der Waals surface area contributed by atoms with Crippen molar-refractivity contribution in [2.45, 2.75) is 27.2 Å². The van der Waals surface area contributed by atoms with Crippen LogP contribution < -0.4 is 5.32 Å². The summed E-state index contributed by atoms with van der Waals surface area (Å²) in [7, 11) is 0. The van der Waals surface area contributed by atoms with E-state index in [9.17, 15) is 0 Å². The second kappa shape index (κ2) is 8.49. The standard InChI is InChI=1S/C18H26N4/c1-4-12-22(5-2)13-11-19-18-15(3)14-17(20-21-18)16-9-7-6-8-10-16/h6-10,14H,4-5,11-13H2,1-3H3,(H,19,21). The molecular formula is C18H26N4. The molecule has 1 heterocycles. The first-order valence-electron chi connectivity index (χ1n) is 8.10. The Morgan fingerprint density at radius 2 is 1.82 bits per heavy atom. The zero-order chi connectivity index (χ0) is 15.8. The van der Waals surface area contributed by atoms with Gasteiger partial charge in [-0.15, -0.1) is 10.2 Å². The molecule has 1 aromatic heterocycles. The number of hydrogen-bond donors (Lipinski definition) is 1. The van der Waals surface area contributed by atoms with Crippen LogP contribution in [0.25, 0.3) is 11.3 Å². The molecule has 0 bridgehead atoms. The molecule has 0 unspecified atom stereocenters. The summed E-state index contributed by atoms with van der Waals surface area (Å²) in [5.41, 5.74) is 3.15. The van der Waals surface area contributed by atoms with Gasteiger partial charge in [0.2, 0.25) is 0 Å². The number of benzene rings is 1. The van der Waals surface area contributed by atoms with E-state index >= 15 is 0 Å². The van der Waals surface area contributed by atoms with Gasteiger partial charge in [0.15, 0.2) is 5.82 Å². The first-order valence-corrected chi connectivity index (χ1v) is 8.10. The van der Waals surface area contributed by atoms with E-state index in [2.05, 4.69) is 59.4 Å². The van der Waals surface area contributed by atoms with Gasteiger partial charge in [-0.2, -0.15) is 0 Å². The van der Waals surface area contributed by atoms with Crippen LogP contribution in [0.1, 0.15) is 25.8 Å². The van der Waals surface area contributed by atoms with Crippen molar-refractivity contribution in [1.82, 2.24) is 15.1 Å². The fourth-order valence-corrected chi connectivity index (χ4v) is 2.49. The van der Waals surface area contributed by atoms with Crippen LogP contribution in [0.4, 0.5) is 5.82 Å². The molecule has 0 aliphatic carbocycles. The van der Waals surface area contributed by atoms with Crippen molar-refractivity contribution in [3.63, 3.8) is 0 Å². The normalized spacial score (nSPS) is 10.9. The molecule has 1 N–H and O–H groups in total. The van der Waals surface area contributed by atoms with Gasteiger partial charge in [0.25, 0.3) is 0 Å². The molecule has 1 aromatic carbocycles. The van der Waals surface area contributed by atoms with Crippen LogP contribution in [0.3, 0.4) is 0 Å². The number of nitrogens with one attached hydrogen (secondary N) is 1. The number of aryl methyl sites for hydroxylation is 1. The largest absolute Gasteiger partial charge is 0.367 e. The molecule has 0 saturated carbocycles. The lowest BCUT2D eigenvalue weighted by Gasteiger charge is -2.20. The summed E-state index contributed by atoms with van der Waals surface area (Å²) in [4.78, 5) is 2.44. The van der Waals surface area contributed by atoms with E-state index in [1.165, 1.54) is 6.42 Å². The van der Waals surface area contributed by atoms with Crippen LogP contribution in [-0.2, 0) is 0 Å². The summed E-state index contributed by atoms with van der Waals surface area (Å²) < 4.78 is 0. The maximum absolute atomic E-state index is 4.34. The highest BCUT2D eigenvalue weighted by Crippen LogP contribution is 2.19. The van der Waals surface area contributed by atoms with E-state index in [1.807, 2.05) is 18.2 Å². The van der Waals surface area contributed by atoms with Crippen molar-refractivity contribution in [3.05, 3.63) is 42.0 Å². The van der Waals surface area contributed by atoms with Crippen LogP contribution in [0.5, 0.6) is 0 Å². The van der Waals surface area contributed by atoms with E-state index in [-0.39, 0.29) is 0 Å². The van der Waals surface area contributed by atoms with Gasteiger partial charge in [0, 0.05) is 18.7 Å². The van der Waals surface area contributed by atoms with Gasteiger partial charge in [-0.25, -0.2) is 0 Å². The molecule has 0 radical (unpaired) electrons. The molecule has 118 valence electrons. The smallest absolute Gasteiger partial charge is 0.151 e. The lowest BCUT2D eigenvalue weighted by Crippen LogP contribution is -2.29. The average molecular weight is 298 g/mol. The first-order chi connectivity index (χ1) is 10.7. The summed E-state index contributed by atoms with van der Waals surface area (Å²) in [6, 6.07) is 12.3. The van der Waals surface area contributed by atoms with Crippen LogP contribution in [0, 0.1) is 6.92 Å². The summed E-state index contributed by atoms with van der Waals surface area (Å²) in [6.07, 6.45) is 1.19. The molecule has 22 heavy (non-hydrogen) atoms. The molecule has 2 rings (SSSR count). The van der Waals surface area contributed by atoms with Crippen molar-refractivity contribution in [3.8, 4) is 11.3 Å². The number of aromatic nitrogens is 2. The molecule has 0 atom stereocenters. The lowest BCUT2D eigenvalue weighted by molar-refractivity contribution is 0.300. The van der Waals surface area contributed by atoms with Crippen molar-refractivity contribution < 1.29 is 0 Å². The molecule has 0 spiro atoms. The highest BCUT2D eigenvalue weighted by molar-refractivity contribution is 5.61. The Morgan fingerprint density at radius 1 is 1.05 bits per heavy atom. The fraction of sp³-hybridized carbons (Fsp3) is 0.444. The topological polar surface area (TPSA) is 41.0 Å². The quantitative estimate of drug-likeness (QED) is 0.808. The molecule has 0 aliphatic heterocycles.